The third-order valence-corrected chi connectivity index (χ3v) is 4.68. The highest BCUT2D eigenvalue weighted by Gasteiger charge is 2.33. The van der Waals surface area contributed by atoms with Gasteiger partial charge in [0.15, 0.2) is 0 Å². The number of nitrogens with two attached hydrogens (primary N) is 2. The summed E-state index contributed by atoms with van der Waals surface area (Å²) in [5, 5.41) is 2.91. The van der Waals surface area contributed by atoms with E-state index in [1.165, 1.54) is 6.42 Å². The molecule has 5 heteroatoms. The Morgan fingerprint density at radius 2 is 1.91 bits per heavy atom. The Hall–Kier alpha value is -1.88. The van der Waals surface area contributed by atoms with Crippen LogP contribution in [-0.2, 0) is 4.79 Å². The van der Waals surface area contributed by atoms with E-state index in [2.05, 4.69) is 5.32 Å². The first kappa shape index (κ1) is 16.5. The van der Waals surface area contributed by atoms with Crippen molar-refractivity contribution in [2.45, 2.75) is 45.4 Å². The van der Waals surface area contributed by atoms with Crippen molar-refractivity contribution in [2.75, 3.05) is 11.9 Å². The van der Waals surface area contributed by atoms with E-state index < -0.39 is 5.91 Å². The monoisotopic (exact) mass is 303 g/mol. The molecule has 0 saturated heterocycles. The molecule has 1 fully saturated rings. The van der Waals surface area contributed by atoms with Crippen molar-refractivity contribution in [2.24, 2.45) is 16.9 Å². The fraction of sp³-hybridized carbons (Fsp3) is 0.529. The Morgan fingerprint density at radius 1 is 1.23 bits per heavy atom. The maximum Gasteiger partial charge on any atom is 0.248 e. The fourth-order valence-corrected chi connectivity index (χ4v) is 3.20. The summed E-state index contributed by atoms with van der Waals surface area (Å²) >= 11 is 0. The Labute approximate surface area is 131 Å². The van der Waals surface area contributed by atoms with E-state index in [0.29, 0.717) is 24.2 Å². The lowest BCUT2D eigenvalue weighted by molar-refractivity contribution is -0.118. The lowest BCUT2D eigenvalue weighted by atomic mass is 9.71. The molecule has 1 aliphatic carbocycles. The lowest BCUT2D eigenvalue weighted by Crippen LogP contribution is -2.36. The van der Waals surface area contributed by atoms with Gasteiger partial charge in [0.05, 0.1) is 0 Å². The molecule has 1 aromatic carbocycles. The van der Waals surface area contributed by atoms with Gasteiger partial charge in [-0.15, -0.1) is 0 Å². The maximum atomic E-state index is 12.4. The summed E-state index contributed by atoms with van der Waals surface area (Å²) in [7, 11) is 0. The van der Waals surface area contributed by atoms with Crippen LogP contribution in [0.5, 0.6) is 0 Å². The quantitative estimate of drug-likeness (QED) is 0.778. The molecule has 1 aromatic rings. The van der Waals surface area contributed by atoms with Crippen molar-refractivity contribution in [3.05, 3.63) is 29.3 Å². The molecule has 0 heterocycles. The molecule has 22 heavy (non-hydrogen) atoms. The summed E-state index contributed by atoms with van der Waals surface area (Å²) in [4.78, 5) is 23.7. The van der Waals surface area contributed by atoms with E-state index >= 15 is 0 Å². The highest BCUT2D eigenvalue weighted by molar-refractivity contribution is 5.97. The van der Waals surface area contributed by atoms with Gasteiger partial charge in [-0.3, -0.25) is 9.59 Å². The van der Waals surface area contributed by atoms with Crippen molar-refractivity contribution in [1.29, 1.82) is 0 Å². The van der Waals surface area contributed by atoms with E-state index in [1.807, 2.05) is 6.92 Å². The minimum atomic E-state index is -0.499. The molecule has 0 radical (unpaired) electrons. The zero-order valence-electron chi connectivity index (χ0n) is 13.2. The molecule has 0 aromatic heterocycles. The van der Waals surface area contributed by atoms with Crippen LogP contribution in [0.1, 0.15) is 54.4 Å². The number of carbonyl (C=O) groups is 2. The summed E-state index contributed by atoms with van der Waals surface area (Å²) in [6.45, 7) is 2.43. The van der Waals surface area contributed by atoms with E-state index in [4.69, 9.17) is 11.5 Å². The molecule has 120 valence electrons. The van der Waals surface area contributed by atoms with Gasteiger partial charge >= 0.3 is 0 Å². The average Bonchev–Trinajstić information content (AvgIpc) is 2.50. The number of hydrogen-bond acceptors (Lipinski definition) is 3. The summed E-state index contributed by atoms with van der Waals surface area (Å²) in [6, 6.07) is 5.08. The maximum absolute atomic E-state index is 12.4. The normalized spacial score (nSPS) is 17.0. The van der Waals surface area contributed by atoms with Crippen LogP contribution in [0.15, 0.2) is 18.2 Å². The SMILES string of the molecule is Cc1ccc(C(N)=O)cc1NC(=O)CC1(CN)CCCCC1. The van der Waals surface area contributed by atoms with E-state index in [0.717, 1.165) is 31.2 Å². The minimum absolute atomic E-state index is 0.0444. The van der Waals surface area contributed by atoms with E-state index in [9.17, 15) is 9.59 Å². The molecule has 2 amide bonds. The molecule has 0 atom stereocenters. The van der Waals surface area contributed by atoms with Gasteiger partial charge in [-0.1, -0.05) is 25.3 Å². The smallest absolute Gasteiger partial charge is 0.248 e. The third-order valence-electron chi connectivity index (χ3n) is 4.68. The number of amides is 2. The molecule has 5 nitrogen and oxygen atoms in total. The predicted octanol–water partition coefficient (Wildman–Crippen LogP) is 2.33. The van der Waals surface area contributed by atoms with E-state index in [-0.39, 0.29) is 11.3 Å². The van der Waals surface area contributed by atoms with Crippen molar-refractivity contribution in [3.8, 4) is 0 Å². The molecule has 0 aliphatic heterocycles. The van der Waals surface area contributed by atoms with Gasteiger partial charge < -0.3 is 16.8 Å². The average molecular weight is 303 g/mol. The predicted molar refractivity (Wildman–Crippen MR) is 87.5 cm³/mol. The molecule has 1 saturated carbocycles. The van der Waals surface area contributed by atoms with Crippen LogP contribution >= 0.6 is 0 Å². The number of aryl methyl sites for hydroxylation is 1. The Morgan fingerprint density at radius 3 is 2.50 bits per heavy atom. The van der Waals surface area contributed by atoms with Gasteiger partial charge in [0.25, 0.3) is 0 Å². The standard InChI is InChI=1S/C17H25N3O2/c1-12-5-6-13(16(19)22)9-14(12)20-15(21)10-17(11-18)7-3-2-4-8-17/h5-6,9H,2-4,7-8,10-11,18H2,1H3,(H2,19,22)(H,20,21). The van der Waals surface area contributed by atoms with Crippen molar-refractivity contribution in [3.63, 3.8) is 0 Å². The molecule has 1 aliphatic rings. The third kappa shape index (κ3) is 3.85. The van der Waals surface area contributed by atoms with Crippen molar-refractivity contribution < 1.29 is 9.59 Å². The second-order valence-electron chi connectivity index (χ2n) is 6.38. The largest absolute Gasteiger partial charge is 0.366 e. The summed E-state index contributed by atoms with van der Waals surface area (Å²) in [5.74, 6) is -0.543. The molecule has 0 bridgehead atoms. The van der Waals surface area contributed by atoms with Crippen LogP contribution in [0.25, 0.3) is 0 Å². The number of nitrogens with one attached hydrogen (secondary N) is 1. The Bertz CT molecular complexity index is 563. The number of anilines is 1. The summed E-state index contributed by atoms with van der Waals surface area (Å²) < 4.78 is 0. The lowest BCUT2D eigenvalue weighted by Gasteiger charge is -2.35. The Kier molecular flexibility index (Phi) is 5.19. The number of benzene rings is 1. The second-order valence-corrected chi connectivity index (χ2v) is 6.38. The van der Waals surface area contributed by atoms with Crippen LogP contribution in [0.3, 0.4) is 0 Å². The van der Waals surface area contributed by atoms with Crippen LogP contribution in [0, 0.1) is 12.3 Å². The molecule has 5 N–H and O–H groups in total. The molecule has 0 spiro atoms. The highest BCUT2D eigenvalue weighted by atomic mass is 16.2. The van der Waals surface area contributed by atoms with Crippen molar-refractivity contribution in [1.82, 2.24) is 0 Å². The van der Waals surface area contributed by atoms with Gasteiger partial charge in [0, 0.05) is 17.7 Å². The first-order valence-corrected chi connectivity index (χ1v) is 7.86. The highest BCUT2D eigenvalue weighted by Crippen LogP contribution is 2.38. The first-order valence-electron chi connectivity index (χ1n) is 7.86. The number of primary amides is 1. The molecular weight excluding hydrogens is 278 g/mol. The van der Waals surface area contributed by atoms with Crippen LogP contribution in [0.4, 0.5) is 5.69 Å². The van der Waals surface area contributed by atoms with Gasteiger partial charge in [-0.2, -0.15) is 0 Å². The van der Waals surface area contributed by atoms with Crippen LogP contribution in [0.2, 0.25) is 0 Å². The summed E-state index contributed by atoms with van der Waals surface area (Å²) in [5.41, 5.74) is 13.1. The number of carbonyl (C=O) groups excluding carboxylic acids is 2. The molecule has 2 rings (SSSR count). The molecule has 0 unspecified atom stereocenters. The van der Waals surface area contributed by atoms with Gasteiger partial charge in [0.1, 0.15) is 0 Å². The molecular formula is C17H25N3O2. The van der Waals surface area contributed by atoms with Crippen LogP contribution in [-0.4, -0.2) is 18.4 Å². The number of hydrogen-bond donors (Lipinski definition) is 3. The van der Waals surface area contributed by atoms with Gasteiger partial charge in [-0.05, 0) is 49.4 Å². The van der Waals surface area contributed by atoms with Gasteiger partial charge in [0.2, 0.25) is 11.8 Å². The fourth-order valence-electron chi connectivity index (χ4n) is 3.20. The topological polar surface area (TPSA) is 98.2 Å². The number of rotatable bonds is 5. The zero-order chi connectivity index (χ0) is 16.2. The Balaban J connectivity index is 2.08. The van der Waals surface area contributed by atoms with Gasteiger partial charge in [-0.25, -0.2) is 0 Å². The zero-order valence-corrected chi connectivity index (χ0v) is 13.2. The van der Waals surface area contributed by atoms with E-state index in [1.54, 1.807) is 18.2 Å². The minimum Gasteiger partial charge on any atom is -0.366 e. The van der Waals surface area contributed by atoms with Crippen LogP contribution < -0.4 is 16.8 Å². The van der Waals surface area contributed by atoms with Crippen molar-refractivity contribution >= 4 is 17.5 Å². The summed E-state index contributed by atoms with van der Waals surface area (Å²) in [6.07, 6.45) is 5.96. The second kappa shape index (κ2) is 6.92. The first-order chi connectivity index (χ1) is 10.5.